The molecule has 0 amide bonds. The van der Waals surface area contributed by atoms with Crippen LogP contribution < -0.4 is 0 Å². The van der Waals surface area contributed by atoms with E-state index in [1.165, 1.54) is 12.1 Å². The van der Waals surface area contributed by atoms with Gasteiger partial charge in [0.1, 0.15) is 11.0 Å². The quantitative estimate of drug-likeness (QED) is 0.929. The summed E-state index contributed by atoms with van der Waals surface area (Å²) in [5, 5.41) is 15.5. The lowest BCUT2D eigenvalue weighted by Gasteiger charge is -2.27. The molecule has 6 heteroatoms. The van der Waals surface area contributed by atoms with Crippen molar-refractivity contribution in [2.24, 2.45) is 7.05 Å². The first kappa shape index (κ1) is 16.4. The topological polar surface area (TPSA) is 41.3 Å². The molecule has 0 spiro atoms. The Labute approximate surface area is 140 Å². The average molecular weight is 338 g/mol. The van der Waals surface area contributed by atoms with E-state index in [4.69, 9.17) is 11.6 Å². The molecule has 124 valence electrons. The summed E-state index contributed by atoms with van der Waals surface area (Å²) >= 11 is 6.40. The van der Waals surface area contributed by atoms with Crippen LogP contribution in [0.4, 0.5) is 4.39 Å². The number of aromatic nitrogens is 2. The zero-order valence-corrected chi connectivity index (χ0v) is 14.1. The third-order valence-corrected chi connectivity index (χ3v) is 5.00. The lowest BCUT2D eigenvalue weighted by Crippen LogP contribution is -2.28. The van der Waals surface area contributed by atoms with Crippen molar-refractivity contribution < 1.29 is 9.50 Å². The first-order chi connectivity index (χ1) is 11.0. The van der Waals surface area contributed by atoms with Gasteiger partial charge in [-0.15, -0.1) is 0 Å². The molecule has 1 aliphatic heterocycles. The van der Waals surface area contributed by atoms with E-state index >= 15 is 0 Å². The van der Waals surface area contributed by atoms with E-state index in [2.05, 4.69) is 10.00 Å². The smallest absolute Gasteiger partial charge is 0.131 e. The number of likely N-dealkylation sites (tertiary alicyclic amines) is 1. The van der Waals surface area contributed by atoms with Crippen LogP contribution in [0.5, 0.6) is 0 Å². The van der Waals surface area contributed by atoms with Crippen molar-refractivity contribution in [3.63, 3.8) is 0 Å². The fourth-order valence-electron chi connectivity index (χ4n) is 3.41. The van der Waals surface area contributed by atoms with E-state index in [9.17, 15) is 9.50 Å². The molecule has 1 aliphatic rings. The normalized spacial score (nSPS) is 20.1. The summed E-state index contributed by atoms with van der Waals surface area (Å²) in [5.41, 5.74) is 2.72. The molecule has 1 N–H and O–H groups in total. The van der Waals surface area contributed by atoms with Crippen molar-refractivity contribution in [1.29, 1.82) is 0 Å². The lowest BCUT2D eigenvalue weighted by atomic mass is 10.0. The number of benzene rings is 1. The van der Waals surface area contributed by atoms with E-state index in [1.807, 2.05) is 14.0 Å². The number of rotatable bonds is 4. The van der Waals surface area contributed by atoms with Gasteiger partial charge in [0.15, 0.2) is 0 Å². The van der Waals surface area contributed by atoms with E-state index < -0.39 is 6.10 Å². The predicted octanol–water partition coefficient (Wildman–Crippen LogP) is 3.39. The Balaban J connectivity index is 1.78. The number of hydrogen-bond donors (Lipinski definition) is 1. The zero-order chi connectivity index (χ0) is 16.6. The summed E-state index contributed by atoms with van der Waals surface area (Å²) in [6, 6.07) is 6.19. The number of aryl methyl sites for hydroxylation is 2. The molecule has 1 fully saturated rings. The summed E-state index contributed by atoms with van der Waals surface area (Å²) in [6.45, 7) is 3.38. The van der Waals surface area contributed by atoms with Gasteiger partial charge in [-0.25, -0.2) is 4.39 Å². The first-order valence-electron chi connectivity index (χ1n) is 7.84. The van der Waals surface area contributed by atoms with Crippen molar-refractivity contribution in [1.82, 2.24) is 14.7 Å². The van der Waals surface area contributed by atoms with Gasteiger partial charge < -0.3 is 5.11 Å². The second kappa shape index (κ2) is 6.59. The summed E-state index contributed by atoms with van der Waals surface area (Å²) in [4.78, 5) is 2.24. The minimum Gasteiger partial charge on any atom is -0.387 e. The number of nitrogens with zero attached hydrogens (tertiary/aromatic N) is 3. The third-order valence-electron chi connectivity index (χ3n) is 4.56. The largest absolute Gasteiger partial charge is 0.387 e. The van der Waals surface area contributed by atoms with Crippen molar-refractivity contribution in [3.8, 4) is 0 Å². The second-order valence-electron chi connectivity index (χ2n) is 6.13. The Morgan fingerprint density at radius 3 is 2.70 bits per heavy atom. The molecule has 0 saturated carbocycles. The number of β-amino-alcohol motifs (C(OH)–C–C–N with tert-alkyl or cyclic N) is 1. The van der Waals surface area contributed by atoms with Crippen LogP contribution in [0.25, 0.3) is 0 Å². The molecular formula is C17H21ClFN3O. The van der Waals surface area contributed by atoms with Crippen LogP contribution in [0.3, 0.4) is 0 Å². The van der Waals surface area contributed by atoms with Gasteiger partial charge in [-0.3, -0.25) is 9.58 Å². The highest BCUT2D eigenvalue weighted by Gasteiger charge is 2.32. The van der Waals surface area contributed by atoms with Gasteiger partial charge in [0, 0.05) is 25.2 Å². The van der Waals surface area contributed by atoms with E-state index in [0.717, 1.165) is 36.2 Å². The number of aliphatic hydroxyl groups excluding tert-OH is 1. The Morgan fingerprint density at radius 2 is 2.09 bits per heavy atom. The lowest BCUT2D eigenvalue weighted by molar-refractivity contribution is 0.106. The first-order valence-corrected chi connectivity index (χ1v) is 8.21. The maximum atomic E-state index is 13.0. The average Bonchev–Trinajstić information content (AvgIpc) is 3.04. The highest BCUT2D eigenvalue weighted by atomic mass is 35.5. The predicted molar refractivity (Wildman–Crippen MR) is 87.9 cm³/mol. The molecule has 0 aliphatic carbocycles. The number of hydrogen-bond acceptors (Lipinski definition) is 3. The van der Waals surface area contributed by atoms with Gasteiger partial charge in [-0.05, 0) is 44.0 Å². The molecule has 1 aromatic carbocycles. The Hall–Kier alpha value is -1.43. The summed E-state index contributed by atoms with van der Waals surface area (Å²) in [5.74, 6) is -0.294. The molecule has 2 atom stereocenters. The highest BCUT2D eigenvalue weighted by Crippen LogP contribution is 2.38. The Bertz CT molecular complexity index is 686. The minimum absolute atomic E-state index is 0.172. The van der Waals surface area contributed by atoms with Gasteiger partial charge in [0.05, 0.1) is 11.8 Å². The molecule has 0 bridgehead atoms. The fourth-order valence-corrected chi connectivity index (χ4v) is 3.71. The van der Waals surface area contributed by atoms with Crippen molar-refractivity contribution in [3.05, 3.63) is 52.1 Å². The van der Waals surface area contributed by atoms with Crippen LogP contribution in [-0.4, -0.2) is 32.9 Å². The number of halogens is 2. The monoisotopic (exact) mass is 337 g/mol. The molecule has 23 heavy (non-hydrogen) atoms. The Kier molecular flexibility index (Phi) is 4.71. The highest BCUT2D eigenvalue weighted by molar-refractivity contribution is 6.30. The standard InChI is InChI=1S/C17H21ClFN3O/c1-11-16(17(18)21(2)20-11)14-4-3-9-22(14)10-15(23)12-5-7-13(19)8-6-12/h5-8,14-15,23H,3-4,9-10H2,1-2H3/t14-,15+/m1/s1. The summed E-state index contributed by atoms with van der Waals surface area (Å²) in [7, 11) is 1.84. The molecule has 0 unspecified atom stereocenters. The van der Waals surface area contributed by atoms with E-state index in [1.54, 1.807) is 16.8 Å². The van der Waals surface area contributed by atoms with Crippen LogP contribution >= 0.6 is 11.6 Å². The van der Waals surface area contributed by atoms with Gasteiger partial charge in [-0.1, -0.05) is 23.7 Å². The third kappa shape index (κ3) is 3.27. The van der Waals surface area contributed by atoms with Crippen LogP contribution in [0, 0.1) is 12.7 Å². The van der Waals surface area contributed by atoms with Crippen LogP contribution in [0.15, 0.2) is 24.3 Å². The van der Waals surface area contributed by atoms with Crippen molar-refractivity contribution >= 4 is 11.6 Å². The van der Waals surface area contributed by atoms with Crippen molar-refractivity contribution in [2.45, 2.75) is 31.9 Å². The Morgan fingerprint density at radius 1 is 1.39 bits per heavy atom. The molecule has 2 heterocycles. The molecule has 0 radical (unpaired) electrons. The van der Waals surface area contributed by atoms with Gasteiger partial charge >= 0.3 is 0 Å². The van der Waals surface area contributed by atoms with Crippen molar-refractivity contribution in [2.75, 3.05) is 13.1 Å². The molecule has 2 aromatic rings. The van der Waals surface area contributed by atoms with Gasteiger partial charge in [0.25, 0.3) is 0 Å². The summed E-state index contributed by atoms with van der Waals surface area (Å²) in [6.07, 6.45) is 1.42. The van der Waals surface area contributed by atoms with Gasteiger partial charge in [-0.2, -0.15) is 5.10 Å². The number of aliphatic hydroxyl groups is 1. The zero-order valence-electron chi connectivity index (χ0n) is 13.3. The maximum Gasteiger partial charge on any atom is 0.131 e. The van der Waals surface area contributed by atoms with Crippen LogP contribution in [-0.2, 0) is 7.05 Å². The van der Waals surface area contributed by atoms with Crippen LogP contribution in [0.1, 0.15) is 41.8 Å². The molecule has 3 rings (SSSR count). The fraction of sp³-hybridized carbons (Fsp3) is 0.471. The maximum absolute atomic E-state index is 13.0. The van der Waals surface area contributed by atoms with Gasteiger partial charge in [0.2, 0.25) is 0 Å². The van der Waals surface area contributed by atoms with E-state index in [0.29, 0.717) is 11.7 Å². The van der Waals surface area contributed by atoms with Crippen LogP contribution in [0.2, 0.25) is 5.15 Å². The minimum atomic E-state index is -0.646. The molecular weight excluding hydrogens is 317 g/mol. The SMILES string of the molecule is Cc1nn(C)c(Cl)c1[C@H]1CCCN1C[C@H](O)c1ccc(F)cc1. The molecule has 1 aromatic heterocycles. The second-order valence-corrected chi connectivity index (χ2v) is 6.49. The molecule has 4 nitrogen and oxygen atoms in total. The summed E-state index contributed by atoms with van der Waals surface area (Å²) < 4.78 is 14.7. The molecule has 1 saturated heterocycles. The van der Waals surface area contributed by atoms with E-state index in [-0.39, 0.29) is 11.9 Å².